The van der Waals surface area contributed by atoms with Gasteiger partial charge in [0.25, 0.3) is 0 Å². The Morgan fingerprint density at radius 1 is 1.14 bits per heavy atom. The zero-order chi connectivity index (χ0) is 19.9. The average Bonchev–Trinajstić information content (AvgIpc) is 3.02. The minimum absolute atomic E-state index is 0.0214. The quantitative estimate of drug-likeness (QED) is 0.537. The highest BCUT2D eigenvalue weighted by atomic mass is 35.5. The molecule has 0 unspecified atom stereocenters. The van der Waals surface area contributed by atoms with E-state index in [1.54, 1.807) is 11.3 Å². The van der Waals surface area contributed by atoms with Gasteiger partial charge < -0.3 is 5.32 Å². The SMILES string of the molecule is O=C(Nc1ccc(Cl)c(C(F)(F)F)c1)Nc1ncnc2sc3c(c12)CCCC3. The van der Waals surface area contributed by atoms with E-state index in [-0.39, 0.29) is 5.69 Å². The minimum Gasteiger partial charge on any atom is -0.308 e. The summed E-state index contributed by atoms with van der Waals surface area (Å²) in [5.41, 5.74) is 0.114. The van der Waals surface area contributed by atoms with Crippen molar-refractivity contribution in [2.24, 2.45) is 0 Å². The maximum atomic E-state index is 13.0. The highest BCUT2D eigenvalue weighted by Gasteiger charge is 2.33. The Labute approximate surface area is 166 Å². The first-order valence-electron chi connectivity index (χ1n) is 8.53. The number of benzene rings is 1. The van der Waals surface area contributed by atoms with E-state index in [9.17, 15) is 18.0 Å². The van der Waals surface area contributed by atoms with Crippen molar-refractivity contribution in [1.82, 2.24) is 9.97 Å². The van der Waals surface area contributed by atoms with Gasteiger partial charge in [0.1, 0.15) is 17.0 Å². The Hall–Kier alpha value is -2.39. The van der Waals surface area contributed by atoms with Crippen LogP contribution in [0.4, 0.5) is 29.5 Å². The number of nitrogens with zero attached hydrogens (tertiary/aromatic N) is 2. The molecular weight excluding hydrogens is 413 g/mol. The molecule has 2 N–H and O–H groups in total. The van der Waals surface area contributed by atoms with E-state index in [2.05, 4.69) is 20.6 Å². The lowest BCUT2D eigenvalue weighted by atomic mass is 9.97. The predicted octanol–water partition coefficient (Wildman–Crippen LogP) is 5.89. The second-order valence-corrected chi connectivity index (χ2v) is 7.88. The molecular formula is C18H14ClF3N4OS. The third kappa shape index (κ3) is 3.64. The number of thiophene rings is 1. The van der Waals surface area contributed by atoms with Gasteiger partial charge in [-0.1, -0.05) is 11.6 Å². The summed E-state index contributed by atoms with van der Waals surface area (Å²) in [7, 11) is 0. The first-order chi connectivity index (χ1) is 13.3. The number of hydrogen-bond acceptors (Lipinski definition) is 4. The number of fused-ring (bicyclic) bond motifs is 3. The zero-order valence-electron chi connectivity index (χ0n) is 14.4. The molecule has 0 radical (unpaired) electrons. The highest BCUT2D eigenvalue weighted by Crippen LogP contribution is 2.38. The molecule has 1 aromatic carbocycles. The standard InChI is InChI=1S/C18H14ClF3N4OS/c19-12-6-5-9(7-11(12)18(20,21)22)25-17(27)26-15-14-10-3-1-2-4-13(10)28-16(14)24-8-23-15/h5-8H,1-4H2,(H2,23,24,25,26,27). The van der Waals surface area contributed by atoms with E-state index in [1.165, 1.54) is 17.3 Å². The van der Waals surface area contributed by atoms with Crippen LogP contribution in [-0.2, 0) is 19.0 Å². The van der Waals surface area contributed by atoms with Gasteiger partial charge in [0, 0.05) is 10.6 Å². The first kappa shape index (κ1) is 18.9. The van der Waals surface area contributed by atoms with Gasteiger partial charge in [-0.2, -0.15) is 13.2 Å². The van der Waals surface area contributed by atoms with Crippen molar-refractivity contribution >= 4 is 50.7 Å². The molecule has 10 heteroatoms. The van der Waals surface area contributed by atoms with Crippen LogP contribution in [0.2, 0.25) is 5.02 Å². The first-order valence-corrected chi connectivity index (χ1v) is 9.72. The lowest BCUT2D eigenvalue weighted by Gasteiger charge is -2.13. The molecule has 0 aliphatic heterocycles. The number of rotatable bonds is 2. The van der Waals surface area contributed by atoms with Crippen LogP contribution in [0.15, 0.2) is 24.5 Å². The number of anilines is 2. The van der Waals surface area contributed by atoms with Crippen molar-refractivity contribution in [3.63, 3.8) is 0 Å². The number of amides is 2. The molecule has 3 aromatic rings. The maximum Gasteiger partial charge on any atom is 0.417 e. The molecule has 2 amide bonds. The molecule has 4 rings (SSSR count). The van der Waals surface area contributed by atoms with Crippen molar-refractivity contribution in [2.75, 3.05) is 10.6 Å². The number of hydrogen-bond donors (Lipinski definition) is 2. The van der Waals surface area contributed by atoms with Gasteiger partial charge in [0.15, 0.2) is 0 Å². The number of urea groups is 1. The summed E-state index contributed by atoms with van der Waals surface area (Å²) in [6.45, 7) is 0. The largest absolute Gasteiger partial charge is 0.417 e. The summed E-state index contributed by atoms with van der Waals surface area (Å²) >= 11 is 7.19. The summed E-state index contributed by atoms with van der Waals surface area (Å²) in [6, 6.07) is 2.51. The molecule has 0 bridgehead atoms. The molecule has 5 nitrogen and oxygen atoms in total. The number of nitrogens with one attached hydrogen (secondary N) is 2. The number of carbonyl (C=O) groups excluding carboxylic acids is 1. The van der Waals surface area contributed by atoms with Crippen LogP contribution in [0.5, 0.6) is 0 Å². The molecule has 2 heterocycles. The second-order valence-electron chi connectivity index (χ2n) is 6.38. The highest BCUT2D eigenvalue weighted by molar-refractivity contribution is 7.19. The van der Waals surface area contributed by atoms with E-state index in [4.69, 9.17) is 11.6 Å². The van der Waals surface area contributed by atoms with E-state index in [0.717, 1.165) is 53.6 Å². The average molecular weight is 427 g/mol. The Kier molecular flexibility index (Phi) is 4.88. The molecule has 1 aliphatic carbocycles. The van der Waals surface area contributed by atoms with Crippen LogP contribution in [0, 0.1) is 0 Å². The van der Waals surface area contributed by atoms with Crippen LogP contribution in [-0.4, -0.2) is 16.0 Å². The fourth-order valence-corrected chi connectivity index (χ4v) is 4.73. The smallest absolute Gasteiger partial charge is 0.308 e. The molecule has 1 aliphatic rings. The number of alkyl halides is 3. The molecule has 0 saturated heterocycles. The summed E-state index contributed by atoms with van der Waals surface area (Å²) in [6.07, 6.45) is 0.806. The van der Waals surface area contributed by atoms with Gasteiger partial charge in [0.2, 0.25) is 0 Å². The normalized spacial score (nSPS) is 14.0. The Morgan fingerprint density at radius 3 is 2.71 bits per heavy atom. The lowest BCUT2D eigenvalue weighted by molar-refractivity contribution is -0.137. The van der Waals surface area contributed by atoms with E-state index in [0.29, 0.717) is 5.82 Å². The van der Waals surface area contributed by atoms with Gasteiger partial charge in [-0.25, -0.2) is 14.8 Å². The van der Waals surface area contributed by atoms with Gasteiger partial charge in [-0.05, 0) is 49.4 Å². The van der Waals surface area contributed by atoms with Crippen LogP contribution in [0.3, 0.4) is 0 Å². The predicted molar refractivity (Wildman–Crippen MR) is 103 cm³/mol. The number of carbonyl (C=O) groups is 1. The third-order valence-electron chi connectivity index (χ3n) is 4.51. The van der Waals surface area contributed by atoms with Crippen molar-refractivity contribution < 1.29 is 18.0 Å². The van der Waals surface area contributed by atoms with Crippen LogP contribution < -0.4 is 10.6 Å². The van der Waals surface area contributed by atoms with Gasteiger partial charge in [-0.3, -0.25) is 5.32 Å². The number of aromatic nitrogens is 2. The Balaban J connectivity index is 1.59. The minimum atomic E-state index is -4.61. The maximum absolute atomic E-state index is 13.0. The van der Waals surface area contributed by atoms with Gasteiger partial charge in [0.05, 0.1) is 16.0 Å². The monoisotopic (exact) mass is 426 g/mol. The molecule has 0 fully saturated rings. The molecule has 0 atom stereocenters. The van der Waals surface area contributed by atoms with Crippen molar-refractivity contribution in [1.29, 1.82) is 0 Å². The summed E-state index contributed by atoms with van der Waals surface area (Å²) in [5.74, 6) is 0.354. The molecule has 0 saturated carbocycles. The topological polar surface area (TPSA) is 66.9 Å². The van der Waals surface area contributed by atoms with Crippen LogP contribution >= 0.6 is 22.9 Å². The van der Waals surface area contributed by atoms with Crippen molar-refractivity contribution in [3.05, 3.63) is 45.6 Å². The van der Waals surface area contributed by atoms with Crippen molar-refractivity contribution in [3.8, 4) is 0 Å². The Morgan fingerprint density at radius 2 is 1.93 bits per heavy atom. The van der Waals surface area contributed by atoms with Gasteiger partial charge in [-0.15, -0.1) is 11.3 Å². The van der Waals surface area contributed by atoms with Crippen LogP contribution in [0.25, 0.3) is 10.2 Å². The third-order valence-corrected chi connectivity index (χ3v) is 6.04. The summed E-state index contributed by atoms with van der Waals surface area (Å²) < 4.78 is 39.0. The molecule has 0 spiro atoms. The van der Waals surface area contributed by atoms with E-state index >= 15 is 0 Å². The number of aryl methyl sites for hydroxylation is 2. The Bertz CT molecular complexity index is 1070. The molecule has 146 valence electrons. The van der Waals surface area contributed by atoms with E-state index in [1.807, 2.05) is 0 Å². The van der Waals surface area contributed by atoms with Gasteiger partial charge >= 0.3 is 12.2 Å². The fourth-order valence-electron chi connectivity index (χ4n) is 3.28. The molecule has 28 heavy (non-hydrogen) atoms. The molecule has 2 aromatic heterocycles. The summed E-state index contributed by atoms with van der Waals surface area (Å²) in [5, 5.41) is 5.42. The van der Waals surface area contributed by atoms with Crippen molar-refractivity contribution in [2.45, 2.75) is 31.9 Å². The van der Waals surface area contributed by atoms with Crippen LogP contribution in [0.1, 0.15) is 28.8 Å². The zero-order valence-corrected chi connectivity index (χ0v) is 15.9. The number of halogens is 4. The fraction of sp³-hybridized carbons (Fsp3) is 0.278. The second kappa shape index (κ2) is 7.21. The summed E-state index contributed by atoms with van der Waals surface area (Å²) in [4.78, 5) is 22.9. The van der Waals surface area contributed by atoms with E-state index < -0.39 is 22.8 Å². The lowest BCUT2D eigenvalue weighted by Crippen LogP contribution is -2.21.